The van der Waals surface area contributed by atoms with Gasteiger partial charge in [-0.3, -0.25) is 25.1 Å². The van der Waals surface area contributed by atoms with Gasteiger partial charge in [-0.2, -0.15) is 5.10 Å². The minimum Gasteiger partial charge on any atom is -0.271 e. The fourth-order valence-corrected chi connectivity index (χ4v) is 3.34. The van der Waals surface area contributed by atoms with E-state index in [1.54, 1.807) is 4.68 Å². The Labute approximate surface area is 149 Å². The molecule has 25 heavy (non-hydrogen) atoms. The Balaban J connectivity index is 1.63. The molecule has 0 aliphatic heterocycles. The highest BCUT2D eigenvalue weighted by Crippen LogP contribution is 2.27. The first-order chi connectivity index (χ1) is 12.0. The van der Waals surface area contributed by atoms with Crippen LogP contribution < -0.4 is 10.9 Å². The predicted molar refractivity (Wildman–Crippen MR) is 97.1 cm³/mol. The number of nitrogens with one attached hydrogen (secondary N) is 2. The van der Waals surface area contributed by atoms with Crippen molar-refractivity contribution in [2.24, 2.45) is 0 Å². The third-order valence-electron chi connectivity index (χ3n) is 3.67. The molecule has 2 N–H and O–H groups in total. The molecule has 0 atom stereocenters. The molecule has 3 aromatic rings. The molecule has 7 heteroatoms. The van der Waals surface area contributed by atoms with Gasteiger partial charge in [0.05, 0.1) is 5.69 Å². The van der Waals surface area contributed by atoms with E-state index in [2.05, 4.69) is 16.0 Å². The van der Waals surface area contributed by atoms with Crippen molar-refractivity contribution in [3.8, 4) is 11.1 Å². The van der Waals surface area contributed by atoms with Crippen LogP contribution in [0.4, 0.5) is 0 Å². The number of carbonyl (C=O) groups excluding carboxylic acids is 2. The van der Waals surface area contributed by atoms with Gasteiger partial charge < -0.3 is 0 Å². The molecular weight excluding hydrogens is 336 g/mol. The Hall–Kier alpha value is -2.93. The summed E-state index contributed by atoms with van der Waals surface area (Å²) in [6.07, 6.45) is 0. The quantitative estimate of drug-likeness (QED) is 0.707. The number of hydrogen-bond donors (Lipinski definition) is 2. The number of benzene rings is 1. The number of nitrogens with zero attached hydrogens (tertiary/aromatic N) is 2. The molecular formula is C18H18N4O2S. The van der Waals surface area contributed by atoms with Gasteiger partial charge in [-0.25, -0.2) is 0 Å². The van der Waals surface area contributed by atoms with Gasteiger partial charge in [0.2, 0.25) is 0 Å². The standard InChI is InChI=1S/C18H18N4O2S/c1-12-10-13(2)22(21-12)11-16(23)19-20-18(24)17-15(8-9-25-17)14-6-4-3-5-7-14/h3-10H,11H2,1-2H3,(H,19,23)(H,20,24). The normalized spacial score (nSPS) is 10.5. The Morgan fingerprint density at radius 1 is 1.12 bits per heavy atom. The third-order valence-corrected chi connectivity index (χ3v) is 4.58. The fraction of sp³-hybridized carbons (Fsp3) is 0.167. The molecule has 3 rings (SSSR count). The maximum Gasteiger partial charge on any atom is 0.280 e. The molecule has 2 amide bonds. The van der Waals surface area contributed by atoms with Crippen LogP contribution >= 0.6 is 11.3 Å². The average Bonchev–Trinajstić information content (AvgIpc) is 3.20. The highest BCUT2D eigenvalue weighted by molar-refractivity contribution is 7.12. The van der Waals surface area contributed by atoms with Gasteiger partial charge in [0.15, 0.2) is 0 Å². The number of amides is 2. The van der Waals surface area contributed by atoms with Crippen LogP contribution in [-0.4, -0.2) is 21.6 Å². The number of rotatable bonds is 4. The SMILES string of the molecule is Cc1cc(C)n(CC(=O)NNC(=O)c2sccc2-c2ccccc2)n1. The van der Waals surface area contributed by atoms with Crippen LogP contribution in [0.15, 0.2) is 47.8 Å². The molecule has 0 aliphatic carbocycles. The molecule has 0 fully saturated rings. The summed E-state index contributed by atoms with van der Waals surface area (Å²) in [4.78, 5) is 25.0. The van der Waals surface area contributed by atoms with Gasteiger partial charge in [-0.15, -0.1) is 11.3 Å². The Kier molecular flexibility index (Phi) is 4.95. The molecule has 6 nitrogen and oxygen atoms in total. The molecule has 0 spiro atoms. The minimum atomic E-state index is -0.337. The van der Waals surface area contributed by atoms with Crippen LogP contribution in [0.25, 0.3) is 11.1 Å². The zero-order chi connectivity index (χ0) is 17.8. The Bertz CT molecular complexity index is 899. The summed E-state index contributed by atoms with van der Waals surface area (Å²) in [5, 5.41) is 6.08. The van der Waals surface area contributed by atoms with Crippen LogP contribution in [0.3, 0.4) is 0 Å². The monoisotopic (exact) mass is 354 g/mol. The minimum absolute atomic E-state index is 0.0515. The van der Waals surface area contributed by atoms with Gasteiger partial charge in [0.1, 0.15) is 11.4 Å². The van der Waals surface area contributed by atoms with Crippen molar-refractivity contribution >= 4 is 23.2 Å². The Morgan fingerprint density at radius 3 is 2.56 bits per heavy atom. The van der Waals surface area contributed by atoms with Crippen molar-refractivity contribution in [2.75, 3.05) is 0 Å². The maximum atomic E-state index is 12.4. The van der Waals surface area contributed by atoms with Crippen molar-refractivity contribution < 1.29 is 9.59 Å². The van der Waals surface area contributed by atoms with E-state index in [1.807, 2.05) is 61.7 Å². The lowest BCUT2D eigenvalue weighted by Crippen LogP contribution is -2.43. The van der Waals surface area contributed by atoms with Crippen LogP contribution in [0, 0.1) is 13.8 Å². The van der Waals surface area contributed by atoms with Gasteiger partial charge in [0, 0.05) is 11.3 Å². The topological polar surface area (TPSA) is 76.0 Å². The van der Waals surface area contributed by atoms with E-state index in [1.165, 1.54) is 11.3 Å². The van der Waals surface area contributed by atoms with Crippen molar-refractivity contribution in [2.45, 2.75) is 20.4 Å². The van der Waals surface area contributed by atoms with E-state index in [9.17, 15) is 9.59 Å². The molecule has 128 valence electrons. The van der Waals surface area contributed by atoms with Gasteiger partial charge in [-0.05, 0) is 36.9 Å². The molecule has 0 bridgehead atoms. The lowest BCUT2D eigenvalue weighted by atomic mass is 10.1. The number of aryl methyl sites for hydroxylation is 2. The highest BCUT2D eigenvalue weighted by atomic mass is 32.1. The second-order valence-corrected chi connectivity index (χ2v) is 6.53. The van der Waals surface area contributed by atoms with Crippen LogP contribution in [0.2, 0.25) is 0 Å². The largest absolute Gasteiger partial charge is 0.280 e. The molecule has 1 aromatic carbocycles. The summed E-state index contributed by atoms with van der Waals surface area (Å²) >= 11 is 1.33. The summed E-state index contributed by atoms with van der Waals surface area (Å²) in [5.74, 6) is -0.673. The first-order valence-corrected chi connectivity index (χ1v) is 8.65. The molecule has 2 heterocycles. The van der Waals surface area contributed by atoms with Crippen LogP contribution in [-0.2, 0) is 11.3 Å². The summed E-state index contributed by atoms with van der Waals surface area (Å²) in [6.45, 7) is 3.80. The summed E-state index contributed by atoms with van der Waals surface area (Å²) in [6, 6.07) is 13.4. The summed E-state index contributed by atoms with van der Waals surface area (Å²) in [5.41, 5.74) is 8.46. The molecule has 2 aromatic heterocycles. The molecule has 0 radical (unpaired) electrons. The van der Waals surface area contributed by atoms with Crippen molar-refractivity contribution in [1.29, 1.82) is 0 Å². The number of aromatic nitrogens is 2. The summed E-state index contributed by atoms with van der Waals surface area (Å²) in [7, 11) is 0. The first-order valence-electron chi connectivity index (χ1n) is 7.78. The summed E-state index contributed by atoms with van der Waals surface area (Å²) < 4.78 is 1.59. The zero-order valence-corrected chi connectivity index (χ0v) is 14.8. The Morgan fingerprint density at radius 2 is 1.88 bits per heavy atom. The van der Waals surface area contributed by atoms with E-state index in [0.717, 1.165) is 22.5 Å². The predicted octanol–water partition coefficient (Wildman–Crippen LogP) is 2.69. The van der Waals surface area contributed by atoms with Crippen LogP contribution in [0.5, 0.6) is 0 Å². The number of hydrazine groups is 1. The van der Waals surface area contributed by atoms with E-state index < -0.39 is 0 Å². The molecule has 0 aliphatic rings. The second-order valence-electron chi connectivity index (χ2n) is 5.62. The van der Waals surface area contributed by atoms with Crippen molar-refractivity contribution in [3.63, 3.8) is 0 Å². The zero-order valence-electron chi connectivity index (χ0n) is 13.9. The second kappa shape index (κ2) is 7.31. The highest BCUT2D eigenvalue weighted by Gasteiger charge is 2.15. The number of thiophene rings is 1. The van der Waals surface area contributed by atoms with E-state index in [-0.39, 0.29) is 18.4 Å². The van der Waals surface area contributed by atoms with E-state index >= 15 is 0 Å². The van der Waals surface area contributed by atoms with Crippen molar-refractivity contribution in [1.82, 2.24) is 20.6 Å². The average molecular weight is 354 g/mol. The lowest BCUT2D eigenvalue weighted by molar-refractivity contribution is -0.122. The smallest absolute Gasteiger partial charge is 0.271 e. The number of hydrogen-bond acceptors (Lipinski definition) is 4. The van der Waals surface area contributed by atoms with Crippen LogP contribution in [0.1, 0.15) is 21.1 Å². The molecule has 0 saturated heterocycles. The lowest BCUT2D eigenvalue weighted by Gasteiger charge is -2.09. The molecule has 0 unspecified atom stereocenters. The van der Waals surface area contributed by atoms with E-state index in [0.29, 0.717) is 4.88 Å². The third kappa shape index (κ3) is 3.95. The number of carbonyl (C=O) groups is 2. The first kappa shape index (κ1) is 16.9. The fourth-order valence-electron chi connectivity index (χ4n) is 2.52. The van der Waals surface area contributed by atoms with E-state index in [4.69, 9.17) is 0 Å². The van der Waals surface area contributed by atoms with Gasteiger partial charge >= 0.3 is 0 Å². The maximum absolute atomic E-state index is 12.4. The van der Waals surface area contributed by atoms with Gasteiger partial charge in [0.25, 0.3) is 11.8 Å². The van der Waals surface area contributed by atoms with Crippen molar-refractivity contribution in [3.05, 3.63) is 64.1 Å². The molecule has 0 saturated carbocycles. The van der Waals surface area contributed by atoms with Gasteiger partial charge in [-0.1, -0.05) is 30.3 Å².